The third kappa shape index (κ3) is 7.94. The smallest absolute Gasteiger partial charge is 0.295 e. The number of hydrazone groups is 1. The second-order valence-corrected chi connectivity index (χ2v) is 9.04. The van der Waals surface area contributed by atoms with Gasteiger partial charge in [-0.05, 0) is 30.7 Å². The highest BCUT2D eigenvalue weighted by Crippen LogP contribution is 2.23. The SMILES string of the molecule is CC(=O)NNc1nc(C)c(C(/C=C\c2ccc(Cl)cc2)=N\NC(=O)C[N+](C)(C)C)s1. The fourth-order valence-corrected chi connectivity index (χ4v) is 3.35. The Hall–Kier alpha value is -2.75. The molecule has 0 atom stereocenters. The summed E-state index contributed by atoms with van der Waals surface area (Å²) in [6, 6.07) is 7.37. The summed E-state index contributed by atoms with van der Waals surface area (Å²) in [5.74, 6) is -0.424. The predicted molar refractivity (Wildman–Crippen MR) is 122 cm³/mol. The fourth-order valence-electron chi connectivity index (χ4n) is 2.33. The number of aromatic nitrogens is 1. The van der Waals surface area contributed by atoms with Crippen LogP contribution in [0.5, 0.6) is 0 Å². The van der Waals surface area contributed by atoms with Crippen molar-refractivity contribution in [2.45, 2.75) is 13.8 Å². The van der Waals surface area contributed by atoms with Gasteiger partial charge < -0.3 is 4.48 Å². The molecule has 160 valence electrons. The Kier molecular flexibility index (Phi) is 8.10. The van der Waals surface area contributed by atoms with Crippen molar-refractivity contribution in [3.05, 3.63) is 51.5 Å². The van der Waals surface area contributed by atoms with Crippen LogP contribution in [-0.4, -0.2) is 54.7 Å². The molecule has 0 aliphatic rings. The zero-order valence-electron chi connectivity index (χ0n) is 17.6. The van der Waals surface area contributed by atoms with Crippen LogP contribution >= 0.6 is 22.9 Å². The maximum Gasteiger partial charge on any atom is 0.295 e. The molecule has 0 saturated carbocycles. The molecular formula is C20H26ClN6O2S+. The van der Waals surface area contributed by atoms with Crippen LogP contribution in [0.4, 0.5) is 5.13 Å². The highest BCUT2D eigenvalue weighted by Gasteiger charge is 2.16. The Balaban J connectivity index is 2.30. The molecule has 0 fully saturated rings. The van der Waals surface area contributed by atoms with Gasteiger partial charge in [-0.3, -0.25) is 20.4 Å². The predicted octanol–water partition coefficient (Wildman–Crippen LogP) is 2.81. The van der Waals surface area contributed by atoms with E-state index in [9.17, 15) is 9.59 Å². The van der Waals surface area contributed by atoms with Crippen molar-refractivity contribution in [1.82, 2.24) is 15.8 Å². The van der Waals surface area contributed by atoms with Crippen LogP contribution in [0.15, 0.2) is 35.4 Å². The number of thiazole rings is 1. The number of benzene rings is 1. The maximum absolute atomic E-state index is 12.2. The van der Waals surface area contributed by atoms with Gasteiger partial charge in [0.25, 0.3) is 5.91 Å². The lowest BCUT2D eigenvalue weighted by Gasteiger charge is -2.22. The molecule has 2 amide bonds. The van der Waals surface area contributed by atoms with Crippen molar-refractivity contribution >= 4 is 51.7 Å². The summed E-state index contributed by atoms with van der Waals surface area (Å²) in [5, 5.41) is 5.50. The third-order valence-corrected chi connectivity index (χ3v) is 4.94. The van der Waals surface area contributed by atoms with Crippen LogP contribution in [0.25, 0.3) is 6.08 Å². The zero-order valence-corrected chi connectivity index (χ0v) is 19.2. The Morgan fingerprint density at radius 1 is 1.23 bits per heavy atom. The van der Waals surface area contributed by atoms with Gasteiger partial charge in [-0.1, -0.05) is 41.1 Å². The van der Waals surface area contributed by atoms with Crippen molar-refractivity contribution in [3.63, 3.8) is 0 Å². The minimum absolute atomic E-state index is 0.196. The van der Waals surface area contributed by atoms with Gasteiger partial charge in [0.1, 0.15) is 5.71 Å². The minimum atomic E-state index is -0.228. The average Bonchev–Trinajstić information content (AvgIpc) is 3.00. The van der Waals surface area contributed by atoms with E-state index in [2.05, 4.69) is 26.4 Å². The first kappa shape index (κ1) is 23.5. The number of amides is 2. The molecule has 0 aliphatic heterocycles. The van der Waals surface area contributed by atoms with Crippen molar-refractivity contribution in [1.29, 1.82) is 0 Å². The van der Waals surface area contributed by atoms with Crippen molar-refractivity contribution in [3.8, 4) is 0 Å². The molecule has 2 aromatic rings. The van der Waals surface area contributed by atoms with E-state index in [0.717, 1.165) is 10.4 Å². The first-order chi connectivity index (χ1) is 14.0. The fraction of sp³-hybridized carbons (Fsp3) is 0.300. The van der Waals surface area contributed by atoms with Gasteiger partial charge in [0.15, 0.2) is 6.54 Å². The standard InChI is InChI=1S/C20H25ClN6O2S/c1-13-19(30-20(22-13)26-23-14(2)28)17(24-25-18(29)12-27(3,4)5)11-8-15-6-9-16(21)10-7-15/h6-11H,12H2,1-5H3,(H2-,22,23,24,25,26,28,29)/p+1/b11-8-. The van der Waals surface area contributed by atoms with E-state index in [-0.39, 0.29) is 18.4 Å². The van der Waals surface area contributed by atoms with E-state index in [1.54, 1.807) is 18.2 Å². The first-order valence-corrected chi connectivity index (χ1v) is 10.3. The van der Waals surface area contributed by atoms with E-state index >= 15 is 0 Å². The Morgan fingerprint density at radius 2 is 1.90 bits per heavy atom. The number of hydrogen-bond donors (Lipinski definition) is 3. The summed E-state index contributed by atoms with van der Waals surface area (Å²) in [6.07, 6.45) is 3.68. The maximum atomic E-state index is 12.2. The van der Waals surface area contributed by atoms with E-state index < -0.39 is 0 Å². The van der Waals surface area contributed by atoms with Gasteiger partial charge in [0, 0.05) is 11.9 Å². The molecule has 0 unspecified atom stereocenters. The molecule has 0 aliphatic carbocycles. The number of allylic oxidation sites excluding steroid dienone is 1. The van der Waals surface area contributed by atoms with Crippen molar-refractivity contribution in [2.75, 3.05) is 33.1 Å². The molecule has 1 aromatic heterocycles. The molecule has 1 heterocycles. The van der Waals surface area contributed by atoms with Gasteiger partial charge >= 0.3 is 0 Å². The summed E-state index contributed by atoms with van der Waals surface area (Å²) in [7, 11) is 5.79. The van der Waals surface area contributed by atoms with Gasteiger partial charge in [-0.2, -0.15) is 5.10 Å². The lowest BCUT2D eigenvalue weighted by molar-refractivity contribution is -0.862. The number of nitrogens with one attached hydrogen (secondary N) is 3. The number of carbonyl (C=O) groups is 2. The van der Waals surface area contributed by atoms with E-state index in [1.807, 2.05) is 46.3 Å². The van der Waals surface area contributed by atoms with Crippen LogP contribution < -0.4 is 16.3 Å². The van der Waals surface area contributed by atoms with Crippen LogP contribution in [0.3, 0.4) is 0 Å². The second-order valence-electron chi connectivity index (χ2n) is 7.61. The number of quaternary nitrogens is 1. The Morgan fingerprint density at radius 3 is 2.50 bits per heavy atom. The van der Waals surface area contributed by atoms with Crippen molar-refractivity contribution in [2.24, 2.45) is 5.10 Å². The Bertz CT molecular complexity index is 961. The van der Waals surface area contributed by atoms with E-state index in [4.69, 9.17) is 11.6 Å². The lowest BCUT2D eigenvalue weighted by atomic mass is 10.1. The molecule has 0 radical (unpaired) electrons. The van der Waals surface area contributed by atoms with Crippen LogP contribution in [0.1, 0.15) is 23.1 Å². The highest BCUT2D eigenvalue weighted by atomic mass is 35.5. The second kappa shape index (κ2) is 10.3. The zero-order chi connectivity index (χ0) is 22.3. The molecule has 10 heteroatoms. The number of hydrogen-bond acceptors (Lipinski definition) is 6. The molecule has 8 nitrogen and oxygen atoms in total. The van der Waals surface area contributed by atoms with Gasteiger partial charge in [0.2, 0.25) is 11.0 Å². The topological polar surface area (TPSA) is 95.5 Å². The summed E-state index contributed by atoms with van der Waals surface area (Å²) in [6.45, 7) is 3.53. The quantitative estimate of drug-likeness (QED) is 0.328. The number of hydrazine groups is 1. The van der Waals surface area contributed by atoms with Gasteiger partial charge in [-0.25, -0.2) is 10.4 Å². The molecule has 0 saturated heterocycles. The minimum Gasteiger partial charge on any atom is -0.323 e. The summed E-state index contributed by atoms with van der Waals surface area (Å²) < 4.78 is 0.488. The normalized spacial score (nSPS) is 12.1. The molecule has 3 N–H and O–H groups in total. The first-order valence-electron chi connectivity index (χ1n) is 9.14. The number of anilines is 1. The third-order valence-electron chi connectivity index (χ3n) is 3.60. The van der Waals surface area contributed by atoms with Crippen LogP contribution in [0.2, 0.25) is 5.02 Å². The molecular weight excluding hydrogens is 424 g/mol. The molecule has 30 heavy (non-hydrogen) atoms. The van der Waals surface area contributed by atoms with E-state index in [1.165, 1.54) is 18.3 Å². The summed E-state index contributed by atoms with van der Waals surface area (Å²) >= 11 is 7.26. The highest BCUT2D eigenvalue weighted by molar-refractivity contribution is 7.17. The van der Waals surface area contributed by atoms with Gasteiger partial charge in [0.05, 0.1) is 31.7 Å². The molecule has 0 bridgehead atoms. The summed E-state index contributed by atoms with van der Waals surface area (Å²) in [4.78, 5) is 28.5. The number of halogens is 1. The number of carbonyl (C=O) groups excluding carboxylic acids is 2. The molecule has 0 spiro atoms. The number of nitrogens with zero attached hydrogens (tertiary/aromatic N) is 3. The average molecular weight is 450 g/mol. The molecule has 2 rings (SSSR count). The Labute approximate surface area is 185 Å². The molecule has 1 aromatic carbocycles. The number of likely N-dealkylation sites (N-methyl/N-ethyl adjacent to an activating group) is 1. The van der Waals surface area contributed by atoms with Crippen LogP contribution in [-0.2, 0) is 9.59 Å². The van der Waals surface area contributed by atoms with E-state index in [0.29, 0.717) is 26.0 Å². The summed E-state index contributed by atoms with van der Waals surface area (Å²) in [5.41, 5.74) is 10.1. The lowest BCUT2D eigenvalue weighted by Crippen LogP contribution is -2.43. The monoisotopic (exact) mass is 449 g/mol. The van der Waals surface area contributed by atoms with Crippen molar-refractivity contribution < 1.29 is 14.1 Å². The largest absolute Gasteiger partial charge is 0.323 e. The number of rotatable bonds is 8. The number of aryl methyl sites for hydroxylation is 1. The van der Waals surface area contributed by atoms with Crippen LogP contribution in [0, 0.1) is 6.92 Å². The van der Waals surface area contributed by atoms with Gasteiger partial charge in [-0.15, -0.1) is 0 Å².